The highest BCUT2D eigenvalue weighted by molar-refractivity contribution is 5.59. The van der Waals surface area contributed by atoms with Crippen LogP contribution in [0.1, 0.15) is 18.5 Å². The summed E-state index contributed by atoms with van der Waals surface area (Å²) in [6.07, 6.45) is 5.20. The maximum absolute atomic E-state index is 4.32. The summed E-state index contributed by atoms with van der Waals surface area (Å²) in [4.78, 5) is 10.6. The molecule has 1 heterocycles. The van der Waals surface area contributed by atoms with Gasteiger partial charge in [-0.2, -0.15) is 0 Å². The molecule has 1 atom stereocenters. The number of hydrogen-bond acceptors (Lipinski definition) is 3. The lowest BCUT2D eigenvalue weighted by Gasteiger charge is -2.20. The third kappa shape index (κ3) is 2.68. The first kappa shape index (κ1) is 11.7. The van der Waals surface area contributed by atoms with Gasteiger partial charge in [0, 0.05) is 24.0 Å². The summed E-state index contributed by atoms with van der Waals surface area (Å²) in [5.41, 5.74) is 3.32. The summed E-state index contributed by atoms with van der Waals surface area (Å²) >= 11 is 0. The Balaban J connectivity index is 2.35. The lowest BCUT2D eigenvalue weighted by atomic mass is 10.0. The van der Waals surface area contributed by atoms with E-state index in [1.54, 1.807) is 18.6 Å². The second kappa shape index (κ2) is 5.06. The van der Waals surface area contributed by atoms with E-state index in [1.165, 1.54) is 5.56 Å². The molecular weight excluding hydrogens is 210 g/mol. The molecule has 1 aromatic heterocycles. The van der Waals surface area contributed by atoms with E-state index in [0.717, 1.165) is 11.3 Å². The van der Waals surface area contributed by atoms with E-state index in [2.05, 4.69) is 60.2 Å². The number of benzene rings is 1. The number of rotatable bonds is 3. The normalized spacial score (nSPS) is 12.7. The molecule has 2 aromatic rings. The minimum absolute atomic E-state index is 0.395. The number of nitrogens with zero attached hydrogens (tertiary/aromatic N) is 3. The Morgan fingerprint density at radius 1 is 1.18 bits per heavy atom. The minimum atomic E-state index is 0.395. The van der Waals surface area contributed by atoms with Gasteiger partial charge in [-0.15, -0.1) is 0 Å². The molecule has 3 heteroatoms. The molecule has 0 N–H and O–H groups in total. The van der Waals surface area contributed by atoms with Gasteiger partial charge in [-0.25, -0.2) is 0 Å². The Morgan fingerprint density at radius 3 is 2.65 bits per heavy atom. The molecule has 0 saturated carbocycles. The molecule has 0 aliphatic heterocycles. The average molecular weight is 227 g/mol. The molecule has 0 aliphatic rings. The molecule has 0 bridgehead atoms. The largest absolute Gasteiger partial charge is 0.303 e. The predicted octanol–water partition coefficient (Wildman–Crippen LogP) is 2.77. The van der Waals surface area contributed by atoms with Crippen molar-refractivity contribution in [1.82, 2.24) is 14.9 Å². The third-order valence-corrected chi connectivity index (χ3v) is 3.00. The second-order valence-corrected chi connectivity index (χ2v) is 4.36. The Hall–Kier alpha value is -1.74. The molecule has 0 fully saturated rings. The zero-order chi connectivity index (χ0) is 12.3. The van der Waals surface area contributed by atoms with Crippen molar-refractivity contribution < 1.29 is 0 Å². The molecule has 0 saturated heterocycles. The van der Waals surface area contributed by atoms with Gasteiger partial charge in [0.2, 0.25) is 0 Å². The monoisotopic (exact) mass is 227 g/mol. The van der Waals surface area contributed by atoms with Crippen LogP contribution >= 0.6 is 0 Å². The highest BCUT2D eigenvalue weighted by Gasteiger charge is 2.08. The molecule has 2 rings (SSSR count). The standard InChI is InChI=1S/C14H17N3/c1-11(17(2)3)12-5-4-6-13(9-12)14-10-15-7-8-16-14/h4-11H,1-3H3/t11-/m0/s1. The van der Waals surface area contributed by atoms with Crippen LogP contribution in [0.5, 0.6) is 0 Å². The van der Waals surface area contributed by atoms with Crippen LogP contribution in [-0.2, 0) is 0 Å². The average Bonchev–Trinajstić information content (AvgIpc) is 2.39. The van der Waals surface area contributed by atoms with Gasteiger partial charge in [0.1, 0.15) is 0 Å². The van der Waals surface area contributed by atoms with E-state index in [-0.39, 0.29) is 0 Å². The van der Waals surface area contributed by atoms with E-state index in [0.29, 0.717) is 6.04 Å². The number of hydrogen-bond donors (Lipinski definition) is 0. The zero-order valence-corrected chi connectivity index (χ0v) is 10.5. The SMILES string of the molecule is C[C@@H](c1cccc(-c2cnccn2)c1)N(C)C. The molecule has 3 nitrogen and oxygen atoms in total. The first-order chi connectivity index (χ1) is 8.18. The van der Waals surface area contributed by atoms with Gasteiger partial charge >= 0.3 is 0 Å². The quantitative estimate of drug-likeness (QED) is 0.807. The second-order valence-electron chi connectivity index (χ2n) is 4.36. The van der Waals surface area contributed by atoms with Crippen LogP contribution in [0.4, 0.5) is 0 Å². The fourth-order valence-corrected chi connectivity index (χ4v) is 1.70. The van der Waals surface area contributed by atoms with Crippen LogP contribution in [-0.4, -0.2) is 29.0 Å². The topological polar surface area (TPSA) is 29.0 Å². The van der Waals surface area contributed by atoms with E-state index in [9.17, 15) is 0 Å². The summed E-state index contributed by atoms with van der Waals surface area (Å²) in [5.74, 6) is 0. The van der Waals surface area contributed by atoms with E-state index < -0.39 is 0 Å². The highest BCUT2D eigenvalue weighted by atomic mass is 15.1. The Morgan fingerprint density at radius 2 is 2.00 bits per heavy atom. The molecule has 0 aliphatic carbocycles. The third-order valence-electron chi connectivity index (χ3n) is 3.00. The molecule has 0 radical (unpaired) electrons. The first-order valence-corrected chi connectivity index (χ1v) is 5.71. The predicted molar refractivity (Wildman–Crippen MR) is 69.6 cm³/mol. The Bertz CT molecular complexity index is 480. The molecule has 0 spiro atoms. The molecule has 0 unspecified atom stereocenters. The van der Waals surface area contributed by atoms with Crippen LogP contribution in [0.15, 0.2) is 42.9 Å². The van der Waals surface area contributed by atoms with Crippen molar-refractivity contribution in [1.29, 1.82) is 0 Å². The van der Waals surface area contributed by atoms with Gasteiger partial charge in [0.25, 0.3) is 0 Å². The molecule has 0 amide bonds. The van der Waals surface area contributed by atoms with Crippen LogP contribution < -0.4 is 0 Å². The van der Waals surface area contributed by atoms with Gasteiger partial charge in [-0.05, 0) is 32.6 Å². The van der Waals surface area contributed by atoms with E-state index in [4.69, 9.17) is 0 Å². The van der Waals surface area contributed by atoms with Crippen LogP contribution in [0, 0.1) is 0 Å². The lowest BCUT2D eigenvalue weighted by molar-refractivity contribution is 0.321. The van der Waals surface area contributed by atoms with Crippen LogP contribution in [0.3, 0.4) is 0 Å². The van der Waals surface area contributed by atoms with E-state index >= 15 is 0 Å². The fraction of sp³-hybridized carbons (Fsp3) is 0.286. The van der Waals surface area contributed by atoms with Gasteiger partial charge in [-0.3, -0.25) is 9.97 Å². The van der Waals surface area contributed by atoms with Crippen molar-refractivity contribution in [2.24, 2.45) is 0 Å². The van der Waals surface area contributed by atoms with Crippen molar-refractivity contribution in [3.63, 3.8) is 0 Å². The number of aromatic nitrogens is 2. The van der Waals surface area contributed by atoms with E-state index in [1.807, 2.05) is 0 Å². The van der Waals surface area contributed by atoms with Gasteiger partial charge in [0.05, 0.1) is 11.9 Å². The fourth-order valence-electron chi connectivity index (χ4n) is 1.70. The summed E-state index contributed by atoms with van der Waals surface area (Å²) in [6.45, 7) is 2.19. The van der Waals surface area contributed by atoms with Crippen molar-refractivity contribution in [3.8, 4) is 11.3 Å². The maximum atomic E-state index is 4.32. The summed E-state index contributed by atoms with van der Waals surface area (Å²) in [5, 5.41) is 0. The van der Waals surface area contributed by atoms with Crippen LogP contribution in [0.2, 0.25) is 0 Å². The van der Waals surface area contributed by atoms with Gasteiger partial charge < -0.3 is 4.90 Å². The van der Waals surface area contributed by atoms with Crippen molar-refractivity contribution in [2.75, 3.05) is 14.1 Å². The van der Waals surface area contributed by atoms with Crippen molar-refractivity contribution >= 4 is 0 Å². The summed E-state index contributed by atoms with van der Waals surface area (Å²) < 4.78 is 0. The van der Waals surface area contributed by atoms with Crippen molar-refractivity contribution in [3.05, 3.63) is 48.4 Å². The summed E-state index contributed by atoms with van der Waals surface area (Å²) in [7, 11) is 4.17. The van der Waals surface area contributed by atoms with Gasteiger partial charge in [-0.1, -0.05) is 18.2 Å². The minimum Gasteiger partial charge on any atom is -0.303 e. The molecule has 17 heavy (non-hydrogen) atoms. The molecule has 88 valence electrons. The zero-order valence-electron chi connectivity index (χ0n) is 10.5. The smallest absolute Gasteiger partial charge is 0.0885 e. The molecule has 1 aromatic carbocycles. The van der Waals surface area contributed by atoms with Gasteiger partial charge in [0.15, 0.2) is 0 Å². The Labute approximate surface area is 102 Å². The highest BCUT2D eigenvalue weighted by Crippen LogP contribution is 2.23. The first-order valence-electron chi connectivity index (χ1n) is 5.71. The Kier molecular flexibility index (Phi) is 3.49. The summed E-state index contributed by atoms with van der Waals surface area (Å²) in [6, 6.07) is 8.85. The van der Waals surface area contributed by atoms with Crippen molar-refractivity contribution in [2.45, 2.75) is 13.0 Å². The maximum Gasteiger partial charge on any atom is 0.0885 e. The molecular formula is C14H17N3. The van der Waals surface area contributed by atoms with Crippen LogP contribution in [0.25, 0.3) is 11.3 Å². The lowest BCUT2D eigenvalue weighted by Crippen LogP contribution is -2.16.